The highest BCUT2D eigenvalue weighted by atomic mass is 16.3. The zero-order valence-corrected chi connectivity index (χ0v) is 13.0. The van der Waals surface area contributed by atoms with Gasteiger partial charge in [-0.05, 0) is 25.8 Å². The monoisotopic (exact) mass is 310 g/mol. The van der Waals surface area contributed by atoms with Crippen molar-refractivity contribution in [2.75, 3.05) is 13.1 Å². The molecular weight excluding hydrogens is 292 g/mol. The fourth-order valence-corrected chi connectivity index (χ4v) is 3.39. The molecule has 1 amide bonds. The third-order valence-corrected chi connectivity index (χ3v) is 4.51. The standard InChI is InChI=1S/C17H18N4O2/c1-11-15(13-6-2-3-7-14(13)23-11)17(22)21-8-4-5-12(9-21)16-18-10-19-20-16/h2-3,6-7,10,12H,4-5,8-9H2,1H3,(H,18,19,20). The molecule has 1 aliphatic rings. The zero-order chi connectivity index (χ0) is 15.8. The number of carbonyl (C=O) groups is 1. The van der Waals surface area contributed by atoms with Crippen molar-refractivity contribution in [3.05, 3.63) is 47.7 Å². The van der Waals surface area contributed by atoms with Crippen LogP contribution >= 0.6 is 0 Å². The minimum atomic E-state index is 0.0386. The molecule has 1 N–H and O–H groups in total. The first-order chi connectivity index (χ1) is 11.2. The number of furan rings is 1. The number of H-pyrrole nitrogens is 1. The number of aromatic amines is 1. The molecule has 0 bridgehead atoms. The van der Waals surface area contributed by atoms with Crippen LogP contribution in [0.3, 0.4) is 0 Å². The lowest BCUT2D eigenvalue weighted by Gasteiger charge is -2.31. The predicted octanol–water partition coefficient (Wildman–Crippen LogP) is 2.88. The lowest BCUT2D eigenvalue weighted by Crippen LogP contribution is -2.39. The van der Waals surface area contributed by atoms with Crippen LogP contribution in [0.5, 0.6) is 0 Å². The van der Waals surface area contributed by atoms with Crippen molar-refractivity contribution in [2.45, 2.75) is 25.7 Å². The van der Waals surface area contributed by atoms with E-state index in [1.807, 2.05) is 36.1 Å². The maximum Gasteiger partial charge on any atom is 0.258 e. The molecule has 0 saturated carbocycles. The van der Waals surface area contributed by atoms with Crippen LogP contribution in [0.1, 0.15) is 40.7 Å². The largest absolute Gasteiger partial charge is 0.461 e. The Morgan fingerprint density at radius 3 is 3.09 bits per heavy atom. The van der Waals surface area contributed by atoms with E-state index in [9.17, 15) is 4.79 Å². The fourth-order valence-electron chi connectivity index (χ4n) is 3.39. The molecule has 2 aromatic heterocycles. The van der Waals surface area contributed by atoms with Crippen LogP contribution in [0.2, 0.25) is 0 Å². The molecule has 3 heterocycles. The summed E-state index contributed by atoms with van der Waals surface area (Å²) in [5.41, 5.74) is 1.44. The summed E-state index contributed by atoms with van der Waals surface area (Å²) < 4.78 is 5.73. The molecule has 1 fully saturated rings. The second-order valence-electron chi connectivity index (χ2n) is 5.99. The van der Waals surface area contributed by atoms with Crippen molar-refractivity contribution in [3.63, 3.8) is 0 Å². The molecule has 1 atom stereocenters. The van der Waals surface area contributed by atoms with Gasteiger partial charge in [-0.3, -0.25) is 9.89 Å². The molecule has 6 nitrogen and oxygen atoms in total. The average molecular weight is 310 g/mol. The van der Waals surface area contributed by atoms with Crippen LogP contribution < -0.4 is 0 Å². The third kappa shape index (κ3) is 2.40. The molecule has 3 aromatic rings. The summed E-state index contributed by atoms with van der Waals surface area (Å²) in [6.07, 6.45) is 3.50. The summed E-state index contributed by atoms with van der Waals surface area (Å²) in [5.74, 6) is 1.79. The maximum absolute atomic E-state index is 13.0. The molecule has 0 radical (unpaired) electrons. The first-order valence-electron chi connectivity index (χ1n) is 7.86. The number of carbonyl (C=O) groups excluding carboxylic acids is 1. The van der Waals surface area contributed by atoms with E-state index < -0.39 is 0 Å². The Labute approximate surface area is 133 Å². The van der Waals surface area contributed by atoms with Crippen LogP contribution in [0.15, 0.2) is 35.0 Å². The molecule has 1 unspecified atom stereocenters. The number of rotatable bonds is 2. The maximum atomic E-state index is 13.0. The van der Waals surface area contributed by atoms with Gasteiger partial charge in [-0.2, -0.15) is 5.10 Å². The summed E-state index contributed by atoms with van der Waals surface area (Å²) in [7, 11) is 0. The fraction of sp³-hybridized carbons (Fsp3) is 0.353. The number of benzene rings is 1. The average Bonchev–Trinajstić information content (AvgIpc) is 3.21. The van der Waals surface area contributed by atoms with Gasteiger partial charge in [0.05, 0.1) is 5.56 Å². The highest BCUT2D eigenvalue weighted by molar-refractivity contribution is 6.07. The molecule has 4 rings (SSSR count). The van der Waals surface area contributed by atoms with Gasteiger partial charge < -0.3 is 9.32 Å². The molecule has 0 aliphatic carbocycles. The second kappa shape index (κ2) is 5.53. The number of aromatic nitrogens is 3. The van der Waals surface area contributed by atoms with Crippen LogP contribution in [-0.2, 0) is 0 Å². The lowest BCUT2D eigenvalue weighted by molar-refractivity contribution is 0.0704. The van der Waals surface area contributed by atoms with Crippen molar-refractivity contribution in [3.8, 4) is 0 Å². The SMILES string of the molecule is Cc1oc2ccccc2c1C(=O)N1CCCC(c2ncn[nH]2)C1. The third-order valence-electron chi connectivity index (χ3n) is 4.51. The summed E-state index contributed by atoms with van der Waals surface area (Å²) in [4.78, 5) is 19.2. The van der Waals surface area contributed by atoms with Crippen LogP contribution in [0.25, 0.3) is 11.0 Å². The van der Waals surface area contributed by atoms with E-state index >= 15 is 0 Å². The molecule has 1 aliphatic heterocycles. The zero-order valence-electron chi connectivity index (χ0n) is 13.0. The Balaban J connectivity index is 1.64. The summed E-state index contributed by atoms with van der Waals surface area (Å²) >= 11 is 0. The van der Waals surface area contributed by atoms with Crippen molar-refractivity contribution < 1.29 is 9.21 Å². The molecule has 0 spiro atoms. The predicted molar refractivity (Wildman–Crippen MR) is 85.2 cm³/mol. The van der Waals surface area contributed by atoms with Gasteiger partial charge in [-0.25, -0.2) is 4.98 Å². The Kier molecular flexibility index (Phi) is 3.37. The molecular formula is C17H18N4O2. The number of fused-ring (bicyclic) bond motifs is 1. The van der Waals surface area contributed by atoms with E-state index in [0.29, 0.717) is 17.9 Å². The Morgan fingerprint density at radius 1 is 1.39 bits per heavy atom. The lowest BCUT2D eigenvalue weighted by atomic mass is 9.96. The van der Waals surface area contributed by atoms with Crippen molar-refractivity contribution >= 4 is 16.9 Å². The van der Waals surface area contributed by atoms with Gasteiger partial charge in [-0.15, -0.1) is 0 Å². The Morgan fingerprint density at radius 2 is 2.26 bits per heavy atom. The van der Waals surface area contributed by atoms with Gasteiger partial charge in [0.1, 0.15) is 23.5 Å². The molecule has 6 heteroatoms. The summed E-state index contributed by atoms with van der Waals surface area (Å²) in [6, 6.07) is 7.69. The van der Waals surface area contributed by atoms with Crippen molar-refractivity contribution in [1.29, 1.82) is 0 Å². The number of para-hydroxylation sites is 1. The second-order valence-corrected chi connectivity index (χ2v) is 5.99. The van der Waals surface area contributed by atoms with E-state index in [1.165, 1.54) is 6.33 Å². The van der Waals surface area contributed by atoms with Gasteiger partial charge in [0, 0.05) is 24.4 Å². The highest BCUT2D eigenvalue weighted by Crippen LogP contribution is 2.30. The molecule has 1 aromatic carbocycles. The number of amides is 1. The van der Waals surface area contributed by atoms with Gasteiger partial charge in [0.25, 0.3) is 5.91 Å². The number of nitrogens with one attached hydrogen (secondary N) is 1. The first-order valence-corrected chi connectivity index (χ1v) is 7.86. The first kappa shape index (κ1) is 14.0. The number of likely N-dealkylation sites (tertiary alicyclic amines) is 1. The van der Waals surface area contributed by atoms with Crippen LogP contribution in [0.4, 0.5) is 0 Å². The van der Waals surface area contributed by atoms with Gasteiger partial charge >= 0.3 is 0 Å². The topological polar surface area (TPSA) is 75.0 Å². The van der Waals surface area contributed by atoms with Gasteiger partial charge in [-0.1, -0.05) is 18.2 Å². The molecule has 1 saturated heterocycles. The van der Waals surface area contributed by atoms with Gasteiger partial charge in [0.15, 0.2) is 0 Å². The van der Waals surface area contributed by atoms with E-state index in [0.717, 1.165) is 36.2 Å². The minimum absolute atomic E-state index is 0.0386. The summed E-state index contributed by atoms with van der Waals surface area (Å²) in [5, 5.41) is 7.73. The highest BCUT2D eigenvalue weighted by Gasteiger charge is 2.29. The van der Waals surface area contributed by atoms with Crippen LogP contribution in [0, 0.1) is 6.92 Å². The number of hydrogen-bond donors (Lipinski definition) is 1. The molecule has 118 valence electrons. The van der Waals surface area contributed by atoms with E-state index in [1.54, 1.807) is 0 Å². The quantitative estimate of drug-likeness (QED) is 0.789. The smallest absolute Gasteiger partial charge is 0.258 e. The van der Waals surface area contributed by atoms with Crippen LogP contribution in [-0.4, -0.2) is 39.1 Å². The molecule has 23 heavy (non-hydrogen) atoms. The van der Waals surface area contributed by atoms with Crippen molar-refractivity contribution in [1.82, 2.24) is 20.1 Å². The number of aryl methyl sites for hydroxylation is 1. The number of piperidine rings is 1. The van der Waals surface area contributed by atoms with Gasteiger partial charge in [0.2, 0.25) is 0 Å². The van der Waals surface area contributed by atoms with E-state index in [4.69, 9.17) is 4.42 Å². The summed E-state index contributed by atoms with van der Waals surface area (Å²) in [6.45, 7) is 3.28. The minimum Gasteiger partial charge on any atom is -0.461 e. The number of nitrogens with zero attached hydrogens (tertiary/aromatic N) is 3. The Bertz CT molecular complexity index is 838. The van der Waals surface area contributed by atoms with E-state index in [2.05, 4.69) is 15.2 Å². The van der Waals surface area contributed by atoms with E-state index in [-0.39, 0.29) is 11.8 Å². The Hall–Kier alpha value is -2.63. The van der Waals surface area contributed by atoms with Crippen molar-refractivity contribution in [2.24, 2.45) is 0 Å². The number of hydrogen-bond acceptors (Lipinski definition) is 4. The normalized spacial score (nSPS) is 18.5.